The summed E-state index contributed by atoms with van der Waals surface area (Å²) in [6.45, 7) is 16.6. The molecule has 0 spiro atoms. The number of aromatic nitrogens is 5. The third-order valence-electron chi connectivity index (χ3n) is 14.6. The van der Waals surface area contributed by atoms with E-state index in [2.05, 4.69) is 71.6 Å². The first-order valence-electron chi connectivity index (χ1n) is 26.6. The number of carboxylic acids is 1. The Kier molecular flexibility index (Phi) is 17.4. The monoisotopic (exact) mass is 1010 g/mol. The summed E-state index contributed by atoms with van der Waals surface area (Å²) < 4.78 is 18.3. The number of allylic oxidation sites excluding steroid dienone is 6. The average Bonchev–Trinajstić information content (AvgIpc) is 4.25. The van der Waals surface area contributed by atoms with Crippen LogP contribution in [0.3, 0.4) is 0 Å². The first kappa shape index (κ1) is 53.5. The molecule has 7 aliphatic rings. The quantitative estimate of drug-likeness (QED) is 0.141. The van der Waals surface area contributed by atoms with Crippen LogP contribution in [0.2, 0.25) is 0 Å². The van der Waals surface area contributed by atoms with Crippen molar-refractivity contribution in [3.63, 3.8) is 0 Å². The fourth-order valence-corrected chi connectivity index (χ4v) is 10.7. The molecular formula is C58H72N8O8. The number of aliphatic imine (C=N–C) groups is 1. The van der Waals surface area contributed by atoms with Crippen LogP contribution in [0, 0.1) is 33.6 Å². The van der Waals surface area contributed by atoms with Crippen LogP contribution < -0.4 is 10.6 Å². The zero-order valence-corrected chi connectivity index (χ0v) is 44.4. The minimum absolute atomic E-state index is 0.0170. The number of nitrogens with zero attached hydrogens (tertiary/aromatic N) is 6. The molecule has 1 fully saturated rings. The number of aliphatic carboxylic acids is 1. The molecule has 74 heavy (non-hydrogen) atoms. The highest BCUT2D eigenvalue weighted by molar-refractivity contribution is 6.11. The molecule has 3 unspecified atom stereocenters. The molecule has 0 saturated carbocycles. The molecular weight excluding hydrogens is 937 g/mol. The second-order valence-electron chi connectivity index (χ2n) is 20.5. The van der Waals surface area contributed by atoms with Crippen LogP contribution in [0.1, 0.15) is 157 Å². The normalized spacial score (nSPS) is 20.3. The summed E-state index contributed by atoms with van der Waals surface area (Å²) in [4.78, 5) is 64.5. The van der Waals surface area contributed by atoms with Crippen molar-refractivity contribution in [2.24, 2.45) is 10.9 Å². The van der Waals surface area contributed by atoms with E-state index >= 15 is 0 Å². The minimum Gasteiger partial charge on any atom is -0.481 e. The molecule has 2 aliphatic heterocycles. The van der Waals surface area contributed by atoms with Gasteiger partial charge in [0.1, 0.15) is 17.7 Å². The van der Waals surface area contributed by atoms with Gasteiger partial charge in [0.2, 0.25) is 11.8 Å². The summed E-state index contributed by atoms with van der Waals surface area (Å²) in [6, 6.07) is 10.3. The summed E-state index contributed by atoms with van der Waals surface area (Å²) >= 11 is 0. The lowest BCUT2D eigenvalue weighted by Crippen LogP contribution is -2.43. The lowest BCUT2D eigenvalue weighted by molar-refractivity contribution is -0.139. The Balaban J connectivity index is 0.000000141. The van der Waals surface area contributed by atoms with E-state index in [9.17, 15) is 19.2 Å². The summed E-state index contributed by atoms with van der Waals surface area (Å²) in [7, 11) is 0. The van der Waals surface area contributed by atoms with E-state index in [1.807, 2.05) is 29.8 Å². The SMILES string of the molecule is CCC(=O)O.CCOC(=O)C1=C(C)N=C(NC(=O)C2=CC3=C(CCC(C)C3)C2)C1.Cc1cc(C)n(-c2nc(C)c3c(n2)CC2=C3CCCC2)n1.Cc1cccc(-c2nc3c(o2)CCC(NC(=O)C2CCCO2)C3)c1. The van der Waals surface area contributed by atoms with Crippen molar-refractivity contribution >= 4 is 35.2 Å². The fourth-order valence-electron chi connectivity index (χ4n) is 10.7. The van der Waals surface area contributed by atoms with Gasteiger partial charge in [-0.25, -0.2) is 29.4 Å². The van der Waals surface area contributed by atoms with Gasteiger partial charge >= 0.3 is 11.9 Å². The Morgan fingerprint density at radius 1 is 0.865 bits per heavy atom. The van der Waals surface area contributed by atoms with Gasteiger partial charge in [-0.15, -0.1) is 0 Å². The zero-order chi connectivity index (χ0) is 52.6. The number of oxazole rings is 1. The van der Waals surface area contributed by atoms with Crippen molar-refractivity contribution in [3.8, 4) is 17.4 Å². The number of nitrogens with one attached hydrogen (secondary N) is 2. The Bertz CT molecular complexity index is 2960. The average molecular weight is 1010 g/mol. The maximum atomic E-state index is 12.5. The number of esters is 1. The maximum Gasteiger partial charge on any atom is 0.336 e. The second kappa shape index (κ2) is 24.0. The topological polar surface area (TPSA) is 213 Å². The van der Waals surface area contributed by atoms with Crippen molar-refractivity contribution in [1.82, 2.24) is 35.4 Å². The molecule has 5 heterocycles. The number of amidine groups is 1. The second-order valence-corrected chi connectivity index (χ2v) is 20.5. The van der Waals surface area contributed by atoms with Crippen molar-refractivity contribution in [3.05, 3.63) is 115 Å². The van der Waals surface area contributed by atoms with Crippen molar-refractivity contribution in [2.75, 3.05) is 13.2 Å². The molecule has 3 atom stereocenters. The van der Waals surface area contributed by atoms with Crippen LogP contribution in [-0.4, -0.2) is 84.8 Å². The molecule has 0 radical (unpaired) electrons. The highest BCUT2D eigenvalue weighted by Gasteiger charge is 2.32. The van der Waals surface area contributed by atoms with Crippen LogP contribution in [0.5, 0.6) is 0 Å². The minimum atomic E-state index is -0.745. The number of carbonyl (C=O) groups excluding carboxylic acids is 3. The van der Waals surface area contributed by atoms with Crippen LogP contribution in [-0.2, 0) is 47.9 Å². The first-order chi connectivity index (χ1) is 35.6. The number of benzene rings is 1. The number of carbonyl (C=O) groups is 4. The molecule has 16 nitrogen and oxygen atoms in total. The van der Waals surface area contributed by atoms with Gasteiger partial charge in [0.15, 0.2) is 0 Å². The summed E-state index contributed by atoms with van der Waals surface area (Å²) in [5.41, 5.74) is 16.7. The number of ether oxygens (including phenoxy) is 2. The van der Waals surface area contributed by atoms with Gasteiger partial charge in [0.25, 0.3) is 11.9 Å². The predicted octanol–water partition coefficient (Wildman–Crippen LogP) is 9.94. The predicted molar refractivity (Wildman–Crippen MR) is 282 cm³/mol. The molecule has 4 aromatic rings. The van der Waals surface area contributed by atoms with E-state index in [0.29, 0.717) is 48.5 Å². The van der Waals surface area contributed by atoms with E-state index in [0.717, 1.165) is 103 Å². The zero-order valence-electron chi connectivity index (χ0n) is 44.4. The Hall–Kier alpha value is -6.81. The first-order valence-corrected chi connectivity index (χ1v) is 26.6. The van der Waals surface area contributed by atoms with Crippen molar-refractivity contribution < 1.29 is 38.2 Å². The number of hydrogen-bond acceptors (Lipinski definition) is 12. The number of carboxylic acid groups (broad SMARTS) is 1. The largest absolute Gasteiger partial charge is 0.481 e. The van der Waals surface area contributed by atoms with Crippen LogP contribution in [0.15, 0.2) is 79.4 Å². The molecule has 5 aliphatic carbocycles. The van der Waals surface area contributed by atoms with Gasteiger partial charge in [-0.2, -0.15) is 5.10 Å². The van der Waals surface area contributed by atoms with Gasteiger partial charge in [-0.3, -0.25) is 14.4 Å². The van der Waals surface area contributed by atoms with E-state index in [4.69, 9.17) is 29.0 Å². The molecule has 1 saturated heterocycles. The molecule has 16 heteroatoms. The van der Waals surface area contributed by atoms with Gasteiger partial charge in [-0.1, -0.05) is 48.8 Å². The van der Waals surface area contributed by atoms with Gasteiger partial charge < -0.3 is 29.6 Å². The Morgan fingerprint density at radius 3 is 2.38 bits per heavy atom. The van der Waals surface area contributed by atoms with Crippen molar-refractivity contribution in [2.45, 2.75) is 170 Å². The molecule has 0 bridgehead atoms. The lowest BCUT2D eigenvalue weighted by atomic mass is 9.86. The number of hydrogen-bond donors (Lipinski definition) is 3. The van der Waals surface area contributed by atoms with Gasteiger partial charge in [-0.05, 0) is 147 Å². The van der Waals surface area contributed by atoms with Crippen LogP contribution in [0.25, 0.3) is 23.0 Å². The third-order valence-corrected chi connectivity index (χ3v) is 14.6. The highest BCUT2D eigenvalue weighted by Crippen LogP contribution is 2.42. The molecule has 392 valence electrons. The van der Waals surface area contributed by atoms with E-state index in [1.54, 1.807) is 26.3 Å². The standard InChI is InChI=1S/C19H22N2O3.C19H24N2O3.C17H20N4.C3H6O2/c1-12-4-2-5-13(10-12)19-21-15-11-14(7-8-16(15)24-19)20-18(22)17-6-3-9-23-17;1-4-24-19(23)16-10-17(20-12(16)3)21-18(22)15-8-13-6-5-11(2)7-14(13)9-15;1-10-8-11(2)21(20-10)17-18-12(3)16-14-7-5-4-6-13(14)9-15(16)19-17;1-2-3(4)5/h2,4-5,10,14,17H,3,6-9,11H2,1H3,(H,20,22);9,11H,4-8,10H2,1-3H3,(H,20,21,22);8H,4-7,9H2,1-3H3;2H2,1H3,(H,4,5). The van der Waals surface area contributed by atoms with Crippen molar-refractivity contribution in [1.29, 1.82) is 0 Å². The Morgan fingerprint density at radius 2 is 1.66 bits per heavy atom. The van der Waals surface area contributed by atoms with E-state index in [1.165, 1.54) is 65.6 Å². The number of aryl methyl sites for hydroxylation is 5. The van der Waals surface area contributed by atoms with Gasteiger partial charge in [0.05, 0.1) is 40.7 Å². The third kappa shape index (κ3) is 12.9. The smallest absolute Gasteiger partial charge is 0.336 e. The van der Waals surface area contributed by atoms with E-state index in [-0.39, 0.29) is 36.4 Å². The molecule has 3 aromatic heterocycles. The van der Waals surface area contributed by atoms with E-state index < -0.39 is 5.97 Å². The molecule has 3 N–H and O–H groups in total. The maximum absolute atomic E-state index is 12.5. The summed E-state index contributed by atoms with van der Waals surface area (Å²) in [5.74, 6) is 2.39. The summed E-state index contributed by atoms with van der Waals surface area (Å²) in [6.07, 6.45) is 16.7. The van der Waals surface area contributed by atoms with Crippen LogP contribution in [0.4, 0.5) is 0 Å². The Labute approximate surface area is 434 Å². The summed E-state index contributed by atoms with van der Waals surface area (Å²) in [5, 5.41) is 18.2. The lowest BCUT2D eigenvalue weighted by Gasteiger charge is -2.23. The number of rotatable bonds is 8. The number of fused-ring (bicyclic) bond motifs is 3. The fraction of sp³-hybridized carbons (Fsp3) is 0.500. The number of amides is 2. The molecule has 11 rings (SSSR count). The highest BCUT2D eigenvalue weighted by atomic mass is 16.5. The molecule has 2 amide bonds. The molecule has 1 aromatic carbocycles. The van der Waals surface area contributed by atoms with Gasteiger partial charge in [0, 0.05) is 67.1 Å². The van der Waals surface area contributed by atoms with Crippen LogP contribution >= 0.6 is 0 Å².